The van der Waals surface area contributed by atoms with Crippen molar-refractivity contribution in [1.29, 1.82) is 0 Å². The van der Waals surface area contributed by atoms with E-state index in [-0.39, 0.29) is 11.5 Å². The summed E-state index contributed by atoms with van der Waals surface area (Å²) in [7, 11) is -3.10. The van der Waals surface area contributed by atoms with Gasteiger partial charge in [0.15, 0.2) is 9.84 Å². The Kier molecular flexibility index (Phi) is 4.20. The van der Waals surface area contributed by atoms with Crippen molar-refractivity contribution in [2.24, 2.45) is 0 Å². The summed E-state index contributed by atoms with van der Waals surface area (Å²) in [5.41, 5.74) is -1.39. The molecule has 8 heteroatoms. The minimum absolute atomic E-state index is 0.0894. The van der Waals surface area contributed by atoms with E-state index in [9.17, 15) is 18.0 Å². The molecule has 0 bridgehead atoms. The maximum Gasteiger partial charge on any atom is 0.328 e. The van der Waals surface area contributed by atoms with Crippen LogP contribution in [0.15, 0.2) is 0 Å². The lowest BCUT2D eigenvalue weighted by Gasteiger charge is -2.26. The summed E-state index contributed by atoms with van der Waals surface area (Å²) in [5.74, 6) is -1.10. The molecule has 1 fully saturated rings. The fourth-order valence-corrected chi connectivity index (χ4v) is 3.33. The SMILES string of the molecule is CC(C)(NC(=O)NC1CCCS(=O)(=O)C1)C(=O)O. The molecule has 0 radical (unpaired) electrons. The maximum absolute atomic E-state index is 11.6. The zero-order valence-electron chi connectivity index (χ0n) is 10.4. The number of hydrogen-bond donors (Lipinski definition) is 3. The highest BCUT2D eigenvalue weighted by Gasteiger charge is 2.31. The van der Waals surface area contributed by atoms with E-state index >= 15 is 0 Å². The number of carboxylic acid groups (broad SMARTS) is 1. The van der Waals surface area contributed by atoms with Crippen molar-refractivity contribution >= 4 is 21.8 Å². The highest BCUT2D eigenvalue weighted by atomic mass is 32.2. The number of urea groups is 1. The quantitative estimate of drug-likeness (QED) is 0.657. The Labute approximate surface area is 106 Å². The summed E-state index contributed by atoms with van der Waals surface area (Å²) < 4.78 is 22.7. The first-order valence-electron chi connectivity index (χ1n) is 5.65. The molecule has 2 amide bonds. The standard InChI is InChI=1S/C10H18N2O5S/c1-10(2,8(13)14)12-9(15)11-7-4-3-5-18(16,17)6-7/h7H,3-6H2,1-2H3,(H,13,14)(H2,11,12,15). The second-order valence-corrected chi connectivity index (χ2v) is 7.21. The molecular formula is C10H18N2O5S. The van der Waals surface area contributed by atoms with Crippen molar-refractivity contribution in [3.8, 4) is 0 Å². The second kappa shape index (κ2) is 5.13. The zero-order chi connectivity index (χ0) is 14.0. The fraction of sp³-hybridized carbons (Fsp3) is 0.800. The molecule has 1 unspecified atom stereocenters. The molecule has 1 heterocycles. The van der Waals surface area contributed by atoms with Crippen molar-refractivity contribution < 1.29 is 23.1 Å². The first-order chi connectivity index (χ1) is 8.12. The van der Waals surface area contributed by atoms with Crippen LogP contribution in [0.2, 0.25) is 0 Å². The van der Waals surface area contributed by atoms with Crippen LogP contribution >= 0.6 is 0 Å². The molecule has 1 rings (SSSR count). The Morgan fingerprint density at radius 1 is 1.33 bits per heavy atom. The van der Waals surface area contributed by atoms with E-state index in [1.165, 1.54) is 13.8 Å². The summed E-state index contributed by atoms with van der Waals surface area (Å²) in [4.78, 5) is 22.4. The number of carbonyl (C=O) groups excluding carboxylic acids is 1. The van der Waals surface area contributed by atoms with E-state index in [2.05, 4.69) is 10.6 Å². The molecule has 18 heavy (non-hydrogen) atoms. The molecule has 1 aliphatic rings. The summed E-state index contributed by atoms with van der Waals surface area (Å²) in [6, 6.07) is -1.11. The van der Waals surface area contributed by atoms with Gasteiger partial charge in [-0.1, -0.05) is 0 Å². The van der Waals surface area contributed by atoms with Gasteiger partial charge in [0.25, 0.3) is 0 Å². The molecule has 0 aromatic rings. The molecule has 0 spiro atoms. The average molecular weight is 278 g/mol. The topological polar surface area (TPSA) is 113 Å². The lowest BCUT2D eigenvalue weighted by atomic mass is 10.1. The van der Waals surface area contributed by atoms with Gasteiger partial charge in [0, 0.05) is 6.04 Å². The third-order valence-electron chi connectivity index (χ3n) is 2.76. The predicted octanol–water partition coefficient (Wildman–Crippen LogP) is -0.274. The Morgan fingerprint density at radius 2 is 1.94 bits per heavy atom. The van der Waals surface area contributed by atoms with Crippen molar-refractivity contribution in [3.05, 3.63) is 0 Å². The van der Waals surface area contributed by atoms with Gasteiger partial charge in [-0.2, -0.15) is 0 Å². The number of sulfone groups is 1. The van der Waals surface area contributed by atoms with Gasteiger partial charge in [-0.25, -0.2) is 18.0 Å². The number of amides is 2. The van der Waals surface area contributed by atoms with Gasteiger partial charge >= 0.3 is 12.0 Å². The molecule has 104 valence electrons. The van der Waals surface area contributed by atoms with Crippen molar-refractivity contribution in [2.75, 3.05) is 11.5 Å². The minimum Gasteiger partial charge on any atom is -0.480 e. The Morgan fingerprint density at radius 3 is 2.44 bits per heavy atom. The van der Waals surface area contributed by atoms with Gasteiger partial charge < -0.3 is 15.7 Å². The molecule has 1 aliphatic heterocycles. The lowest BCUT2D eigenvalue weighted by molar-refractivity contribution is -0.142. The normalized spacial score (nSPS) is 23.1. The highest BCUT2D eigenvalue weighted by molar-refractivity contribution is 7.91. The van der Waals surface area contributed by atoms with Crippen LogP contribution in [0.1, 0.15) is 26.7 Å². The van der Waals surface area contributed by atoms with E-state index in [0.29, 0.717) is 12.8 Å². The van der Waals surface area contributed by atoms with E-state index in [1.54, 1.807) is 0 Å². The molecule has 3 N–H and O–H groups in total. The summed E-state index contributed by atoms with van der Waals surface area (Å²) in [6.07, 6.45) is 1.09. The predicted molar refractivity (Wildman–Crippen MR) is 65.1 cm³/mol. The number of carboxylic acids is 1. The molecule has 1 saturated heterocycles. The highest BCUT2D eigenvalue weighted by Crippen LogP contribution is 2.12. The van der Waals surface area contributed by atoms with Crippen LogP contribution in [-0.2, 0) is 14.6 Å². The minimum atomic E-state index is -3.10. The third kappa shape index (κ3) is 4.17. The first-order valence-corrected chi connectivity index (χ1v) is 7.47. The van der Waals surface area contributed by atoms with Crippen LogP contribution in [0.5, 0.6) is 0 Å². The van der Waals surface area contributed by atoms with Crippen LogP contribution in [0.25, 0.3) is 0 Å². The van der Waals surface area contributed by atoms with Crippen LogP contribution in [-0.4, -0.2) is 48.6 Å². The number of hydrogen-bond acceptors (Lipinski definition) is 4. The molecule has 0 aliphatic carbocycles. The monoisotopic (exact) mass is 278 g/mol. The Hall–Kier alpha value is -1.31. The second-order valence-electron chi connectivity index (χ2n) is 4.98. The van der Waals surface area contributed by atoms with E-state index in [1.807, 2.05) is 0 Å². The number of carbonyl (C=O) groups is 2. The van der Waals surface area contributed by atoms with Gasteiger partial charge in [0.2, 0.25) is 0 Å². The van der Waals surface area contributed by atoms with Gasteiger partial charge in [0.05, 0.1) is 11.5 Å². The lowest BCUT2D eigenvalue weighted by Crippen LogP contribution is -2.56. The van der Waals surface area contributed by atoms with E-state index in [4.69, 9.17) is 5.11 Å². The van der Waals surface area contributed by atoms with Crippen LogP contribution in [0.3, 0.4) is 0 Å². The van der Waals surface area contributed by atoms with Crippen molar-refractivity contribution in [1.82, 2.24) is 10.6 Å². The number of aliphatic carboxylic acids is 1. The van der Waals surface area contributed by atoms with Crippen molar-refractivity contribution in [2.45, 2.75) is 38.3 Å². The van der Waals surface area contributed by atoms with Crippen molar-refractivity contribution in [3.63, 3.8) is 0 Å². The smallest absolute Gasteiger partial charge is 0.328 e. The van der Waals surface area contributed by atoms with E-state index < -0.39 is 33.4 Å². The van der Waals surface area contributed by atoms with Gasteiger partial charge in [-0.15, -0.1) is 0 Å². The molecular weight excluding hydrogens is 260 g/mol. The van der Waals surface area contributed by atoms with Gasteiger partial charge in [-0.05, 0) is 26.7 Å². The Bertz CT molecular complexity index is 443. The number of nitrogens with one attached hydrogen (secondary N) is 2. The average Bonchev–Trinajstić information content (AvgIpc) is 2.13. The first kappa shape index (κ1) is 14.7. The molecule has 0 aromatic heterocycles. The molecule has 7 nitrogen and oxygen atoms in total. The Balaban J connectivity index is 2.53. The third-order valence-corrected chi connectivity index (χ3v) is 4.58. The molecule has 1 atom stereocenters. The van der Waals surface area contributed by atoms with Crippen LogP contribution in [0.4, 0.5) is 4.79 Å². The van der Waals surface area contributed by atoms with Crippen LogP contribution in [0, 0.1) is 0 Å². The molecule has 0 saturated carbocycles. The molecule has 0 aromatic carbocycles. The number of rotatable bonds is 3. The summed E-state index contributed by atoms with van der Waals surface area (Å²) in [6.45, 7) is 2.71. The fourth-order valence-electron chi connectivity index (χ4n) is 1.70. The largest absolute Gasteiger partial charge is 0.480 e. The van der Waals surface area contributed by atoms with Gasteiger partial charge in [0.1, 0.15) is 5.54 Å². The summed E-state index contributed by atoms with van der Waals surface area (Å²) >= 11 is 0. The van der Waals surface area contributed by atoms with Crippen LogP contribution < -0.4 is 10.6 Å². The zero-order valence-corrected chi connectivity index (χ0v) is 11.2. The summed E-state index contributed by atoms with van der Waals surface area (Å²) in [5, 5.41) is 13.6. The van der Waals surface area contributed by atoms with E-state index in [0.717, 1.165) is 0 Å². The van der Waals surface area contributed by atoms with Gasteiger partial charge in [-0.3, -0.25) is 0 Å². The maximum atomic E-state index is 11.6.